The number of benzene rings is 1. The van der Waals surface area contributed by atoms with Crippen molar-refractivity contribution in [3.63, 3.8) is 0 Å². The third-order valence-electron chi connectivity index (χ3n) is 2.26. The fourth-order valence-electron chi connectivity index (χ4n) is 1.45. The van der Waals surface area contributed by atoms with Gasteiger partial charge in [-0.1, -0.05) is 26.0 Å². The molecule has 0 fully saturated rings. The fourth-order valence-corrected chi connectivity index (χ4v) is 2.04. The average Bonchev–Trinajstić information content (AvgIpc) is 2.35. The summed E-state index contributed by atoms with van der Waals surface area (Å²) in [5, 5.41) is 0. The highest BCUT2D eigenvalue weighted by molar-refractivity contribution is 7.98. The average molecular weight is 266 g/mol. The lowest BCUT2D eigenvalue weighted by Crippen LogP contribution is -2.42. The number of amides is 2. The van der Waals surface area contributed by atoms with Crippen molar-refractivity contribution in [2.75, 3.05) is 6.26 Å². The second-order valence-corrected chi connectivity index (χ2v) is 5.15. The summed E-state index contributed by atoms with van der Waals surface area (Å²) < 4.78 is 0. The molecule has 1 rings (SSSR count). The minimum atomic E-state index is -0.294. The fraction of sp³-hybridized carbons (Fsp3) is 0.385. The molecular formula is C13H18N2O2S. The van der Waals surface area contributed by atoms with Crippen LogP contribution in [0, 0.1) is 5.92 Å². The van der Waals surface area contributed by atoms with E-state index in [0.29, 0.717) is 12.0 Å². The highest BCUT2D eigenvalue weighted by Crippen LogP contribution is 2.19. The highest BCUT2D eigenvalue weighted by Gasteiger charge is 2.11. The second-order valence-electron chi connectivity index (χ2n) is 4.30. The Bertz CT molecular complexity index is 433. The number of hydrogen-bond donors (Lipinski definition) is 2. The van der Waals surface area contributed by atoms with Gasteiger partial charge in [0.1, 0.15) is 0 Å². The van der Waals surface area contributed by atoms with E-state index < -0.39 is 0 Å². The van der Waals surface area contributed by atoms with Gasteiger partial charge in [-0.3, -0.25) is 20.4 Å². The van der Waals surface area contributed by atoms with E-state index in [2.05, 4.69) is 10.9 Å². The van der Waals surface area contributed by atoms with Gasteiger partial charge in [0.25, 0.3) is 5.91 Å². The van der Waals surface area contributed by atoms with E-state index in [1.54, 1.807) is 12.1 Å². The van der Waals surface area contributed by atoms with E-state index in [-0.39, 0.29) is 17.7 Å². The SMILES string of the molecule is CSc1ccccc1C(=O)NNC(=O)CC(C)C. The Labute approximate surface area is 112 Å². The van der Waals surface area contributed by atoms with E-state index in [9.17, 15) is 9.59 Å². The summed E-state index contributed by atoms with van der Waals surface area (Å²) in [6.45, 7) is 3.90. The lowest BCUT2D eigenvalue weighted by atomic mass is 10.1. The van der Waals surface area contributed by atoms with Crippen LogP contribution in [0.1, 0.15) is 30.6 Å². The van der Waals surface area contributed by atoms with Crippen LogP contribution in [0.2, 0.25) is 0 Å². The summed E-state index contributed by atoms with van der Waals surface area (Å²) in [5.74, 6) is -0.211. The van der Waals surface area contributed by atoms with Gasteiger partial charge < -0.3 is 0 Å². The topological polar surface area (TPSA) is 58.2 Å². The van der Waals surface area contributed by atoms with Crippen molar-refractivity contribution in [1.82, 2.24) is 10.9 Å². The molecule has 4 nitrogen and oxygen atoms in total. The van der Waals surface area contributed by atoms with Crippen LogP contribution >= 0.6 is 11.8 Å². The van der Waals surface area contributed by atoms with Gasteiger partial charge in [-0.2, -0.15) is 0 Å². The second kappa shape index (κ2) is 7.06. The molecular weight excluding hydrogens is 248 g/mol. The maximum absolute atomic E-state index is 11.9. The Morgan fingerprint density at radius 2 is 1.89 bits per heavy atom. The van der Waals surface area contributed by atoms with Gasteiger partial charge >= 0.3 is 0 Å². The highest BCUT2D eigenvalue weighted by atomic mass is 32.2. The summed E-state index contributed by atoms with van der Waals surface area (Å²) in [5.41, 5.74) is 5.41. The van der Waals surface area contributed by atoms with Gasteiger partial charge in [0.2, 0.25) is 5.91 Å². The van der Waals surface area contributed by atoms with Crippen LogP contribution in [-0.4, -0.2) is 18.1 Å². The van der Waals surface area contributed by atoms with Crippen LogP contribution in [0.3, 0.4) is 0 Å². The van der Waals surface area contributed by atoms with Gasteiger partial charge in [0.15, 0.2) is 0 Å². The van der Waals surface area contributed by atoms with Crippen molar-refractivity contribution >= 4 is 23.6 Å². The van der Waals surface area contributed by atoms with Crippen molar-refractivity contribution < 1.29 is 9.59 Å². The Morgan fingerprint density at radius 1 is 1.22 bits per heavy atom. The monoisotopic (exact) mass is 266 g/mol. The third kappa shape index (κ3) is 4.41. The zero-order valence-corrected chi connectivity index (χ0v) is 11.6. The molecule has 0 aromatic heterocycles. The molecule has 0 spiro atoms. The molecule has 98 valence electrons. The Balaban J connectivity index is 2.58. The van der Waals surface area contributed by atoms with Gasteiger partial charge in [-0.25, -0.2) is 0 Å². The number of carbonyl (C=O) groups excluding carboxylic acids is 2. The van der Waals surface area contributed by atoms with Gasteiger partial charge in [-0.05, 0) is 24.3 Å². The largest absolute Gasteiger partial charge is 0.273 e. The van der Waals surface area contributed by atoms with Crippen LogP contribution in [0.4, 0.5) is 0 Å². The predicted molar refractivity (Wildman–Crippen MR) is 73.3 cm³/mol. The van der Waals surface area contributed by atoms with Crippen molar-refractivity contribution in [1.29, 1.82) is 0 Å². The molecule has 0 aliphatic carbocycles. The molecule has 0 heterocycles. The first-order valence-corrected chi connectivity index (χ1v) is 6.99. The van der Waals surface area contributed by atoms with Crippen LogP contribution in [0.15, 0.2) is 29.2 Å². The maximum atomic E-state index is 11.9. The molecule has 0 bridgehead atoms. The van der Waals surface area contributed by atoms with Gasteiger partial charge in [0, 0.05) is 11.3 Å². The Kier molecular flexibility index (Phi) is 5.71. The molecule has 1 aromatic carbocycles. The number of nitrogens with one attached hydrogen (secondary N) is 2. The first-order valence-electron chi connectivity index (χ1n) is 5.76. The zero-order valence-electron chi connectivity index (χ0n) is 10.8. The normalized spacial score (nSPS) is 10.2. The maximum Gasteiger partial charge on any atom is 0.270 e. The number of hydrazine groups is 1. The van der Waals surface area contributed by atoms with Crippen LogP contribution in [-0.2, 0) is 4.79 Å². The van der Waals surface area contributed by atoms with Crippen molar-refractivity contribution in [3.8, 4) is 0 Å². The molecule has 0 saturated heterocycles. The van der Waals surface area contributed by atoms with Crippen molar-refractivity contribution in [2.45, 2.75) is 25.2 Å². The number of thioether (sulfide) groups is 1. The molecule has 0 aliphatic heterocycles. The van der Waals surface area contributed by atoms with E-state index >= 15 is 0 Å². The molecule has 0 radical (unpaired) electrons. The number of carbonyl (C=O) groups is 2. The zero-order chi connectivity index (χ0) is 13.5. The Hall–Kier alpha value is -1.49. The quantitative estimate of drug-likeness (QED) is 0.649. The lowest BCUT2D eigenvalue weighted by molar-refractivity contribution is -0.122. The summed E-state index contributed by atoms with van der Waals surface area (Å²) in [7, 11) is 0. The minimum absolute atomic E-state index is 0.181. The van der Waals surface area contributed by atoms with E-state index in [1.807, 2.05) is 32.2 Å². The molecule has 0 aliphatic rings. The molecule has 0 atom stereocenters. The van der Waals surface area contributed by atoms with Gasteiger partial charge in [-0.15, -0.1) is 11.8 Å². The van der Waals surface area contributed by atoms with Crippen molar-refractivity contribution in [3.05, 3.63) is 29.8 Å². The van der Waals surface area contributed by atoms with E-state index in [4.69, 9.17) is 0 Å². The van der Waals surface area contributed by atoms with E-state index in [1.165, 1.54) is 11.8 Å². The Morgan fingerprint density at radius 3 is 2.50 bits per heavy atom. The predicted octanol–water partition coefficient (Wildman–Crippen LogP) is 2.22. The molecule has 2 N–H and O–H groups in total. The van der Waals surface area contributed by atoms with Crippen LogP contribution in [0.25, 0.3) is 0 Å². The molecule has 2 amide bonds. The summed E-state index contributed by atoms with van der Waals surface area (Å²) >= 11 is 1.50. The summed E-state index contributed by atoms with van der Waals surface area (Å²) in [6, 6.07) is 7.27. The van der Waals surface area contributed by atoms with E-state index in [0.717, 1.165) is 4.90 Å². The smallest absolute Gasteiger partial charge is 0.270 e. The number of hydrogen-bond acceptors (Lipinski definition) is 3. The number of rotatable bonds is 4. The third-order valence-corrected chi connectivity index (χ3v) is 3.06. The van der Waals surface area contributed by atoms with Gasteiger partial charge in [0.05, 0.1) is 5.56 Å². The van der Waals surface area contributed by atoms with Crippen LogP contribution in [0.5, 0.6) is 0 Å². The standard InChI is InChI=1S/C13H18N2O2S/c1-9(2)8-12(16)14-15-13(17)10-6-4-5-7-11(10)18-3/h4-7,9H,8H2,1-3H3,(H,14,16)(H,15,17). The summed E-state index contributed by atoms with van der Waals surface area (Å²) in [4.78, 5) is 24.2. The first-order chi connectivity index (χ1) is 8.54. The molecule has 0 saturated carbocycles. The minimum Gasteiger partial charge on any atom is -0.273 e. The van der Waals surface area contributed by atoms with Crippen molar-refractivity contribution in [2.24, 2.45) is 5.92 Å². The molecule has 0 unspecified atom stereocenters. The first kappa shape index (κ1) is 14.6. The molecule has 18 heavy (non-hydrogen) atoms. The molecule has 5 heteroatoms. The van der Waals surface area contributed by atoms with Crippen LogP contribution < -0.4 is 10.9 Å². The molecule has 1 aromatic rings. The summed E-state index contributed by atoms with van der Waals surface area (Å²) in [6.07, 6.45) is 2.30. The lowest BCUT2D eigenvalue weighted by Gasteiger charge is -2.10.